The molecule has 0 spiro atoms. The molecule has 0 aliphatic heterocycles. The van der Waals surface area contributed by atoms with Crippen molar-refractivity contribution in [3.05, 3.63) is 35.9 Å². The summed E-state index contributed by atoms with van der Waals surface area (Å²) in [6, 6.07) is 11.1. The molecule has 0 radical (unpaired) electrons. The Morgan fingerprint density at radius 2 is 1.87 bits per heavy atom. The molecule has 0 bridgehead atoms. The van der Waals surface area contributed by atoms with Gasteiger partial charge in [-0.25, -0.2) is 0 Å². The summed E-state index contributed by atoms with van der Waals surface area (Å²) in [6.07, 6.45) is 0.878. The standard InChI is InChI=1S/C13H18OSi/c1-15(2,11-6-10-14)12-9-13-7-4-3-5-8-13/h3-5,7-8,14H,6,10-11H2,1-2H3. The fourth-order valence-corrected chi connectivity index (χ4v) is 3.00. The Morgan fingerprint density at radius 3 is 2.47 bits per heavy atom. The first-order valence-corrected chi connectivity index (χ1v) is 8.54. The van der Waals surface area contributed by atoms with Gasteiger partial charge in [-0.1, -0.05) is 37.2 Å². The summed E-state index contributed by atoms with van der Waals surface area (Å²) < 4.78 is 0. The molecule has 0 unspecified atom stereocenters. The third-order valence-electron chi connectivity index (χ3n) is 2.28. The van der Waals surface area contributed by atoms with Crippen LogP contribution in [-0.4, -0.2) is 19.8 Å². The van der Waals surface area contributed by atoms with Gasteiger partial charge in [-0.2, -0.15) is 0 Å². The van der Waals surface area contributed by atoms with Crippen LogP contribution in [0.1, 0.15) is 12.0 Å². The zero-order valence-electron chi connectivity index (χ0n) is 9.46. The lowest BCUT2D eigenvalue weighted by Gasteiger charge is -2.12. The van der Waals surface area contributed by atoms with E-state index in [1.807, 2.05) is 30.3 Å². The molecule has 15 heavy (non-hydrogen) atoms. The van der Waals surface area contributed by atoms with Gasteiger partial charge in [0.25, 0.3) is 0 Å². The van der Waals surface area contributed by atoms with Crippen molar-refractivity contribution in [2.45, 2.75) is 25.6 Å². The van der Waals surface area contributed by atoms with Crippen molar-refractivity contribution < 1.29 is 5.11 Å². The minimum Gasteiger partial charge on any atom is -0.396 e. The first-order valence-electron chi connectivity index (χ1n) is 5.33. The Kier molecular flexibility index (Phi) is 4.61. The molecule has 1 aromatic rings. The first-order chi connectivity index (χ1) is 7.14. The Morgan fingerprint density at radius 1 is 1.20 bits per heavy atom. The van der Waals surface area contributed by atoms with Gasteiger partial charge in [-0.3, -0.25) is 0 Å². The lowest BCUT2D eigenvalue weighted by Crippen LogP contribution is -2.23. The number of aliphatic hydroxyl groups is 1. The van der Waals surface area contributed by atoms with E-state index in [0.29, 0.717) is 0 Å². The number of rotatable bonds is 3. The van der Waals surface area contributed by atoms with Crippen LogP contribution in [0.15, 0.2) is 30.3 Å². The van der Waals surface area contributed by atoms with Gasteiger partial charge < -0.3 is 5.11 Å². The largest absolute Gasteiger partial charge is 0.396 e. The van der Waals surface area contributed by atoms with E-state index in [1.54, 1.807) is 0 Å². The molecular weight excluding hydrogens is 200 g/mol. The third-order valence-corrected chi connectivity index (χ3v) is 4.68. The maximum absolute atomic E-state index is 8.79. The maximum atomic E-state index is 8.79. The van der Waals surface area contributed by atoms with Crippen molar-refractivity contribution in [3.8, 4) is 11.5 Å². The van der Waals surface area contributed by atoms with Crippen molar-refractivity contribution in [1.29, 1.82) is 0 Å². The highest BCUT2D eigenvalue weighted by Gasteiger charge is 2.16. The van der Waals surface area contributed by atoms with Gasteiger partial charge >= 0.3 is 0 Å². The molecule has 0 saturated heterocycles. The molecule has 0 heterocycles. The molecule has 1 nitrogen and oxygen atoms in total. The molecule has 80 valence electrons. The second-order valence-electron chi connectivity index (χ2n) is 4.33. The van der Waals surface area contributed by atoms with Gasteiger partial charge in [0.2, 0.25) is 0 Å². The molecule has 0 amide bonds. The van der Waals surface area contributed by atoms with Gasteiger partial charge in [0.15, 0.2) is 0 Å². The van der Waals surface area contributed by atoms with E-state index >= 15 is 0 Å². The summed E-state index contributed by atoms with van der Waals surface area (Å²) in [7, 11) is -1.43. The van der Waals surface area contributed by atoms with E-state index in [4.69, 9.17) is 5.11 Å². The molecule has 1 rings (SSSR count). The average Bonchev–Trinajstić information content (AvgIpc) is 2.25. The van der Waals surface area contributed by atoms with Crippen molar-refractivity contribution in [2.24, 2.45) is 0 Å². The van der Waals surface area contributed by atoms with Crippen LogP contribution in [0, 0.1) is 11.5 Å². The lowest BCUT2D eigenvalue weighted by atomic mass is 10.2. The fraction of sp³-hybridized carbons (Fsp3) is 0.385. The molecule has 0 aromatic heterocycles. The normalized spacial score (nSPS) is 10.6. The van der Waals surface area contributed by atoms with Crippen LogP contribution >= 0.6 is 0 Å². The summed E-state index contributed by atoms with van der Waals surface area (Å²) in [5.41, 5.74) is 4.47. The van der Waals surface area contributed by atoms with Crippen LogP contribution in [0.4, 0.5) is 0 Å². The van der Waals surface area contributed by atoms with Crippen LogP contribution < -0.4 is 0 Å². The van der Waals surface area contributed by atoms with Crippen molar-refractivity contribution in [1.82, 2.24) is 0 Å². The molecule has 0 aliphatic rings. The summed E-state index contributed by atoms with van der Waals surface area (Å²) in [5, 5.41) is 8.79. The SMILES string of the molecule is C[Si](C)(C#Cc1ccccc1)CCCO. The molecule has 1 aromatic carbocycles. The number of hydrogen-bond donors (Lipinski definition) is 1. The zero-order valence-corrected chi connectivity index (χ0v) is 10.5. The highest BCUT2D eigenvalue weighted by molar-refractivity contribution is 6.85. The number of hydrogen-bond acceptors (Lipinski definition) is 1. The number of aliphatic hydroxyl groups excluding tert-OH is 1. The third kappa shape index (κ3) is 4.82. The highest BCUT2D eigenvalue weighted by Crippen LogP contribution is 2.10. The Labute approximate surface area is 93.2 Å². The molecule has 0 atom stereocenters. The van der Waals surface area contributed by atoms with Crippen molar-refractivity contribution in [3.63, 3.8) is 0 Å². The minimum absolute atomic E-state index is 0.281. The minimum atomic E-state index is -1.43. The molecule has 1 N–H and O–H groups in total. The molecule has 2 heteroatoms. The van der Waals surface area contributed by atoms with E-state index in [-0.39, 0.29) is 6.61 Å². The van der Waals surface area contributed by atoms with E-state index in [0.717, 1.165) is 18.0 Å². The van der Waals surface area contributed by atoms with Crippen LogP contribution in [-0.2, 0) is 0 Å². The van der Waals surface area contributed by atoms with Crippen LogP contribution in [0.5, 0.6) is 0 Å². The topological polar surface area (TPSA) is 20.2 Å². The van der Waals surface area contributed by atoms with E-state index < -0.39 is 8.07 Å². The monoisotopic (exact) mass is 218 g/mol. The van der Waals surface area contributed by atoms with E-state index in [9.17, 15) is 0 Å². The van der Waals surface area contributed by atoms with Gasteiger partial charge in [-0.15, -0.1) is 5.54 Å². The second-order valence-corrected chi connectivity index (χ2v) is 8.84. The van der Waals surface area contributed by atoms with Crippen LogP contribution in [0.25, 0.3) is 0 Å². The first kappa shape index (κ1) is 12.0. The van der Waals surface area contributed by atoms with Crippen LogP contribution in [0.2, 0.25) is 19.1 Å². The van der Waals surface area contributed by atoms with Crippen molar-refractivity contribution in [2.75, 3.05) is 6.61 Å². The van der Waals surface area contributed by atoms with Gasteiger partial charge in [0.05, 0.1) is 0 Å². The fourth-order valence-electron chi connectivity index (χ4n) is 1.35. The number of benzene rings is 1. The summed E-state index contributed by atoms with van der Waals surface area (Å²) in [5.74, 6) is 3.22. The summed E-state index contributed by atoms with van der Waals surface area (Å²) in [4.78, 5) is 0. The summed E-state index contributed by atoms with van der Waals surface area (Å²) >= 11 is 0. The maximum Gasteiger partial charge on any atom is 0.132 e. The predicted octanol–water partition coefficient (Wildman–Crippen LogP) is 2.67. The quantitative estimate of drug-likeness (QED) is 0.611. The van der Waals surface area contributed by atoms with Gasteiger partial charge in [0.1, 0.15) is 8.07 Å². The van der Waals surface area contributed by atoms with Crippen molar-refractivity contribution >= 4 is 8.07 Å². The molecule has 0 fully saturated rings. The summed E-state index contributed by atoms with van der Waals surface area (Å²) in [6.45, 7) is 4.78. The molecule has 0 saturated carbocycles. The average molecular weight is 218 g/mol. The van der Waals surface area contributed by atoms with E-state index in [1.165, 1.54) is 0 Å². The van der Waals surface area contributed by atoms with E-state index in [2.05, 4.69) is 24.6 Å². The smallest absolute Gasteiger partial charge is 0.132 e. The predicted molar refractivity (Wildman–Crippen MR) is 67.3 cm³/mol. The Bertz CT molecular complexity index is 346. The van der Waals surface area contributed by atoms with Gasteiger partial charge in [-0.05, 0) is 24.6 Å². The zero-order chi connectivity index (χ0) is 11.1. The molecular formula is C13H18OSi. The Balaban J connectivity index is 2.64. The lowest BCUT2D eigenvalue weighted by molar-refractivity contribution is 0.294. The highest BCUT2D eigenvalue weighted by atomic mass is 28.3. The molecule has 0 aliphatic carbocycles. The Hall–Kier alpha value is -1.04. The second kappa shape index (κ2) is 5.74. The van der Waals surface area contributed by atoms with Crippen LogP contribution in [0.3, 0.4) is 0 Å². The van der Waals surface area contributed by atoms with Gasteiger partial charge in [0, 0.05) is 12.2 Å².